The molecule has 3 rings (SSSR count). The smallest absolute Gasteiger partial charge is 0.449 e. The van der Waals surface area contributed by atoms with Crippen molar-refractivity contribution in [1.82, 2.24) is 9.55 Å². The number of imidazole rings is 1. The van der Waals surface area contributed by atoms with Gasteiger partial charge in [-0.15, -0.1) is 0 Å². The van der Waals surface area contributed by atoms with Crippen molar-refractivity contribution in [2.24, 2.45) is 0 Å². The molecular weight excluding hydrogens is 256 g/mol. The number of aryl methyl sites for hydroxylation is 1. The summed E-state index contributed by atoms with van der Waals surface area (Å²) in [5.41, 5.74) is 1.86. The van der Waals surface area contributed by atoms with Crippen LogP contribution in [0.25, 0.3) is 11.0 Å². The molecular formula is C15H18N2O3. The van der Waals surface area contributed by atoms with Crippen LogP contribution in [0.15, 0.2) is 18.2 Å². The fourth-order valence-corrected chi connectivity index (χ4v) is 3.16. The lowest BCUT2D eigenvalue weighted by molar-refractivity contribution is 0.144. The van der Waals surface area contributed by atoms with Crippen molar-refractivity contribution in [3.63, 3.8) is 0 Å². The first-order chi connectivity index (χ1) is 9.65. The summed E-state index contributed by atoms with van der Waals surface area (Å²) in [4.78, 5) is 15.1. The lowest BCUT2D eigenvalue weighted by Crippen LogP contribution is -2.14. The lowest BCUT2D eigenvalue weighted by atomic mass is 9.95. The molecule has 106 valence electrons. The fraction of sp³-hybridized carbons (Fsp3) is 0.467. The number of nitrogens with zero attached hydrogens (tertiary/aromatic N) is 2. The van der Waals surface area contributed by atoms with Gasteiger partial charge in [0.1, 0.15) is 11.6 Å². The topological polar surface area (TPSA) is 64.3 Å². The van der Waals surface area contributed by atoms with Crippen LogP contribution in [0.3, 0.4) is 0 Å². The number of benzene rings is 1. The van der Waals surface area contributed by atoms with E-state index in [1.807, 2.05) is 13.0 Å². The predicted octanol–water partition coefficient (Wildman–Crippen LogP) is 3.91. The number of ether oxygens (including phenoxy) is 1. The molecule has 5 nitrogen and oxygen atoms in total. The van der Waals surface area contributed by atoms with Gasteiger partial charge in [0.15, 0.2) is 0 Å². The average Bonchev–Trinajstić information content (AvgIpc) is 2.74. The standard InChI is InChI=1S/C15H18N2O3/c1-10-16-13-9-12(20-15(18)19)7-8-14(13)17(10)11-5-3-2-4-6-11/h7-9,11H,2-6H2,1H3,(H,18,19). The molecule has 0 unspecified atom stereocenters. The zero-order valence-corrected chi connectivity index (χ0v) is 11.5. The summed E-state index contributed by atoms with van der Waals surface area (Å²) < 4.78 is 6.98. The molecule has 2 aromatic rings. The number of carbonyl (C=O) groups is 1. The molecule has 1 heterocycles. The molecule has 1 fully saturated rings. The Morgan fingerprint density at radius 2 is 2.10 bits per heavy atom. The van der Waals surface area contributed by atoms with E-state index in [1.54, 1.807) is 12.1 Å². The Morgan fingerprint density at radius 3 is 2.80 bits per heavy atom. The third-order valence-corrected chi connectivity index (χ3v) is 3.98. The second-order valence-corrected chi connectivity index (χ2v) is 5.34. The van der Waals surface area contributed by atoms with E-state index in [-0.39, 0.29) is 0 Å². The van der Waals surface area contributed by atoms with E-state index in [0.717, 1.165) is 16.9 Å². The molecule has 0 atom stereocenters. The van der Waals surface area contributed by atoms with Crippen molar-refractivity contribution in [3.05, 3.63) is 24.0 Å². The van der Waals surface area contributed by atoms with Gasteiger partial charge >= 0.3 is 6.16 Å². The maximum absolute atomic E-state index is 10.6. The minimum absolute atomic E-state index is 0.318. The molecule has 0 saturated heterocycles. The summed E-state index contributed by atoms with van der Waals surface area (Å²) in [7, 11) is 0. The Morgan fingerprint density at radius 1 is 1.35 bits per heavy atom. The molecule has 0 radical (unpaired) electrons. The first-order valence-corrected chi connectivity index (χ1v) is 7.04. The SMILES string of the molecule is Cc1nc2cc(OC(=O)O)ccc2n1C1CCCCC1. The van der Waals surface area contributed by atoms with Crippen molar-refractivity contribution in [3.8, 4) is 5.75 Å². The first-order valence-electron chi connectivity index (χ1n) is 7.04. The van der Waals surface area contributed by atoms with Gasteiger partial charge < -0.3 is 14.4 Å². The maximum Gasteiger partial charge on any atom is 0.511 e. The van der Waals surface area contributed by atoms with Crippen molar-refractivity contribution >= 4 is 17.2 Å². The summed E-state index contributed by atoms with van der Waals surface area (Å²) in [6.45, 7) is 2.01. The summed E-state index contributed by atoms with van der Waals surface area (Å²) in [6, 6.07) is 5.80. The number of carboxylic acid groups (broad SMARTS) is 1. The van der Waals surface area contributed by atoms with Gasteiger partial charge in [-0.1, -0.05) is 19.3 Å². The van der Waals surface area contributed by atoms with Gasteiger partial charge in [0.25, 0.3) is 0 Å². The van der Waals surface area contributed by atoms with Crippen LogP contribution in [0.1, 0.15) is 44.0 Å². The van der Waals surface area contributed by atoms with E-state index in [2.05, 4.69) is 14.3 Å². The third kappa shape index (κ3) is 2.35. The van der Waals surface area contributed by atoms with Crippen LogP contribution in [0.4, 0.5) is 4.79 Å². The molecule has 5 heteroatoms. The third-order valence-electron chi connectivity index (χ3n) is 3.98. The molecule has 20 heavy (non-hydrogen) atoms. The summed E-state index contributed by atoms with van der Waals surface area (Å²) in [5.74, 6) is 1.30. The van der Waals surface area contributed by atoms with Crippen LogP contribution >= 0.6 is 0 Å². The van der Waals surface area contributed by atoms with Crippen molar-refractivity contribution in [1.29, 1.82) is 0 Å². The molecule has 1 N–H and O–H groups in total. The summed E-state index contributed by atoms with van der Waals surface area (Å²) in [5, 5.41) is 8.65. The molecule has 0 aliphatic heterocycles. The van der Waals surface area contributed by atoms with Crippen molar-refractivity contribution in [2.45, 2.75) is 45.1 Å². The largest absolute Gasteiger partial charge is 0.511 e. The highest BCUT2D eigenvalue weighted by atomic mass is 16.7. The van der Waals surface area contributed by atoms with E-state index in [4.69, 9.17) is 5.11 Å². The van der Waals surface area contributed by atoms with Gasteiger partial charge in [0, 0.05) is 12.1 Å². The van der Waals surface area contributed by atoms with Crippen molar-refractivity contribution in [2.75, 3.05) is 0 Å². The zero-order valence-electron chi connectivity index (χ0n) is 11.5. The molecule has 1 saturated carbocycles. The van der Waals surface area contributed by atoms with Crippen LogP contribution in [0.2, 0.25) is 0 Å². The van der Waals surface area contributed by atoms with E-state index in [0.29, 0.717) is 11.8 Å². The van der Waals surface area contributed by atoms with Gasteiger partial charge in [-0.3, -0.25) is 0 Å². The average molecular weight is 274 g/mol. The van der Waals surface area contributed by atoms with Crippen molar-refractivity contribution < 1.29 is 14.6 Å². The monoisotopic (exact) mass is 274 g/mol. The van der Waals surface area contributed by atoms with Crippen LogP contribution in [0, 0.1) is 6.92 Å². The second kappa shape index (κ2) is 5.15. The highest BCUT2D eigenvalue weighted by Gasteiger charge is 2.20. The highest BCUT2D eigenvalue weighted by molar-refractivity contribution is 5.79. The minimum atomic E-state index is -1.30. The number of hydrogen-bond donors (Lipinski definition) is 1. The molecule has 1 aliphatic carbocycles. The molecule has 1 aliphatic rings. The number of hydrogen-bond acceptors (Lipinski definition) is 3. The molecule has 1 aromatic heterocycles. The number of aromatic nitrogens is 2. The van der Waals surface area contributed by atoms with Crippen LogP contribution in [0.5, 0.6) is 5.75 Å². The molecule has 0 amide bonds. The molecule has 0 spiro atoms. The molecule has 1 aromatic carbocycles. The number of rotatable bonds is 2. The number of fused-ring (bicyclic) bond motifs is 1. The van der Waals surface area contributed by atoms with Crippen LogP contribution in [-0.4, -0.2) is 20.8 Å². The first kappa shape index (κ1) is 13.0. The Balaban J connectivity index is 2.00. The lowest BCUT2D eigenvalue weighted by Gasteiger charge is -2.24. The van der Waals surface area contributed by atoms with Crippen LogP contribution in [-0.2, 0) is 0 Å². The van der Waals surface area contributed by atoms with Gasteiger partial charge in [0.2, 0.25) is 0 Å². The van der Waals surface area contributed by atoms with E-state index in [1.165, 1.54) is 32.1 Å². The highest BCUT2D eigenvalue weighted by Crippen LogP contribution is 2.33. The Hall–Kier alpha value is -2.04. The summed E-state index contributed by atoms with van der Waals surface area (Å²) >= 11 is 0. The Labute approximate surface area is 117 Å². The Bertz CT molecular complexity index is 642. The second-order valence-electron chi connectivity index (χ2n) is 5.34. The maximum atomic E-state index is 10.6. The predicted molar refractivity (Wildman–Crippen MR) is 75.2 cm³/mol. The molecule has 0 bridgehead atoms. The van der Waals surface area contributed by atoms with Crippen LogP contribution < -0.4 is 4.74 Å². The van der Waals surface area contributed by atoms with Gasteiger partial charge in [-0.05, 0) is 31.9 Å². The minimum Gasteiger partial charge on any atom is -0.449 e. The summed E-state index contributed by atoms with van der Waals surface area (Å²) in [6.07, 6.45) is 4.94. The zero-order chi connectivity index (χ0) is 14.1. The van der Waals surface area contributed by atoms with E-state index in [9.17, 15) is 4.79 Å². The van der Waals surface area contributed by atoms with E-state index >= 15 is 0 Å². The quantitative estimate of drug-likeness (QED) is 0.666. The Kier molecular flexibility index (Phi) is 3.34. The normalized spacial score (nSPS) is 16.4. The van der Waals surface area contributed by atoms with Gasteiger partial charge in [-0.25, -0.2) is 9.78 Å². The fourth-order valence-electron chi connectivity index (χ4n) is 3.16. The van der Waals surface area contributed by atoms with E-state index < -0.39 is 6.16 Å². The van der Waals surface area contributed by atoms with Gasteiger partial charge in [-0.2, -0.15) is 0 Å². The van der Waals surface area contributed by atoms with Gasteiger partial charge in [0.05, 0.1) is 11.0 Å².